The van der Waals surface area contributed by atoms with Crippen molar-refractivity contribution in [3.63, 3.8) is 0 Å². The summed E-state index contributed by atoms with van der Waals surface area (Å²) in [5.41, 5.74) is 0. The number of hydrogen-bond acceptors (Lipinski definition) is 6. The van der Waals surface area contributed by atoms with Gasteiger partial charge in [-0.15, -0.1) is 0 Å². The van der Waals surface area contributed by atoms with Crippen molar-refractivity contribution in [2.24, 2.45) is 0 Å². The fraction of sp³-hybridized carbons (Fsp3) is 0.667. The second-order valence-electron chi connectivity index (χ2n) is 18.5. The molecule has 0 amide bonds. The van der Waals surface area contributed by atoms with Crippen LogP contribution in [0.25, 0.3) is 0 Å². The topological polar surface area (TPSA) is 78.9 Å². The number of ether oxygens (including phenoxy) is 3. The number of carbonyl (C=O) groups excluding carboxylic acids is 3. The van der Waals surface area contributed by atoms with Crippen LogP contribution in [0.5, 0.6) is 0 Å². The lowest BCUT2D eigenvalue weighted by Gasteiger charge is -2.18. The summed E-state index contributed by atoms with van der Waals surface area (Å²) < 4.78 is 16.8. The molecule has 0 radical (unpaired) electrons. The molecule has 0 fully saturated rings. The third-order valence-corrected chi connectivity index (χ3v) is 11.7. The molecule has 0 aromatic rings. The van der Waals surface area contributed by atoms with Gasteiger partial charge in [0.1, 0.15) is 13.2 Å². The summed E-state index contributed by atoms with van der Waals surface area (Å²) in [5, 5.41) is 0. The first kappa shape index (κ1) is 65.1. The van der Waals surface area contributed by atoms with Gasteiger partial charge in [0.2, 0.25) is 0 Å². The number of carbonyl (C=O) groups is 3. The SMILES string of the molecule is CC/C=C\C/C=C\C/C=C\C/C=C\CCCCCCC(=O)O[C@H](COC(=O)CCC/C=C\C/C=C\C/C=C\C/C=C\CCCCC)COC(=O)CCCCCCCCC/C=C\CCCCCCCC. The van der Waals surface area contributed by atoms with Crippen molar-refractivity contribution in [2.75, 3.05) is 13.2 Å². The maximum atomic E-state index is 12.8. The molecule has 0 N–H and O–H groups in total. The van der Waals surface area contributed by atoms with Gasteiger partial charge < -0.3 is 14.2 Å². The van der Waals surface area contributed by atoms with Crippen LogP contribution in [0.2, 0.25) is 0 Å². The van der Waals surface area contributed by atoms with E-state index in [1.807, 2.05) is 0 Å². The van der Waals surface area contributed by atoms with Crippen molar-refractivity contribution < 1.29 is 28.6 Å². The second kappa shape index (κ2) is 56.7. The van der Waals surface area contributed by atoms with Gasteiger partial charge in [0.05, 0.1) is 0 Å². The third kappa shape index (κ3) is 54.9. The monoisotopic (exact) mass is 957 g/mol. The van der Waals surface area contributed by atoms with E-state index in [-0.39, 0.29) is 44.0 Å². The Morgan fingerprint density at radius 2 is 0.580 bits per heavy atom. The van der Waals surface area contributed by atoms with Gasteiger partial charge in [0, 0.05) is 19.3 Å². The normalized spacial score (nSPS) is 12.9. The maximum Gasteiger partial charge on any atom is 0.306 e. The molecule has 6 nitrogen and oxygen atoms in total. The molecule has 392 valence electrons. The Bertz CT molecular complexity index is 1420. The van der Waals surface area contributed by atoms with Crippen molar-refractivity contribution in [3.8, 4) is 0 Å². The van der Waals surface area contributed by atoms with Crippen molar-refractivity contribution in [1.29, 1.82) is 0 Å². The molecule has 0 bridgehead atoms. The van der Waals surface area contributed by atoms with Crippen LogP contribution < -0.4 is 0 Å². The molecule has 0 aliphatic carbocycles. The fourth-order valence-corrected chi connectivity index (χ4v) is 7.48. The molecule has 0 spiro atoms. The summed E-state index contributed by atoms with van der Waals surface area (Å²) >= 11 is 0. The molecule has 0 rings (SSSR count). The van der Waals surface area contributed by atoms with Crippen LogP contribution >= 0.6 is 0 Å². The van der Waals surface area contributed by atoms with E-state index >= 15 is 0 Å². The maximum absolute atomic E-state index is 12.8. The van der Waals surface area contributed by atoms with Gasteiger partial charge >= 0.3 is 17.9 Å². The minimum absolute atomic E-state index is 0.109. The molecule has 0 aromatic heterocycles. The molecular weight excluding hydrogens is 853 g/mol. The van der Waals surface area contributed by atoms with E-state index in [4.69, 9.17) is 14.2 Å². The van der Waals surface area contributed by atoms with Crippen molar-refractivity contribution >= 4 is 17.9 Å². The van der Waals surface area contributed by atoms with Crippen LogP contribution in [0.3, 0.4) is 0 Å². The molecular formula is C63H104O6. The van der Waals surface area contributed by atoms with Gasteiger partial charge in [-0.1, -0.05) is 220 Å². The Kier molecular flexibility index (Phi) is 53.4. The molecule has 0 aliphatic rings. The number of hydrogen-bond donors (Lipinski definition) is 0. The van der Waals surface area contributed by atoms with Crippen LogP contribution in [0.15, 0.2) is 109 Å². The molecule has 0 heterocycles. The Labute approximate surface area is 425 Å². The van der Waals surface area contributed by atoms with E-state index in [2.05, 4.69) is 130 Å². The van der Waals surface area contributed by atoms with E-state index in [9.17, 15) is 14.4 Å². The van der Waals surface area contributed by atoms with E-state index in [1.165, 1.54) is 103 Å². The van der Waals surface area contributed by atoms with Crippen LogP contribution in [0.1, 0.15) is 252 Å². The van der Waals surface area contributed by atoms with Crippen molar-refractivity contribution in [3.05, 3.63) is 109 Å². The molecule has 0 saturated carbocycles. The first-order chi connectivity index (χ1) is 34.0. The standard InChI is InChI=1S/C63H104O6/c1-4-7-10-13-16-19-22-25-28-31-34-37-40-43-46-49-52-55-61(64)67-58-60(69-63(66)57-54-51-48-45-42-39-36-33-30-27-24-21-18-15-12-9-6-3)59-68-62(65)56-53-50-47-44-41-38-35-32-29-26-23-20-17-14-11-8-5-2/h9,12,16,18-19,21,25-30,34,36-37,39,43,46,60H,4-8,10-11,13-15,17,20,22-24,31-33,35,38,40-42,44-45,47-59H2,1-3H3/b12-9-,19-16-,21-18-,28-25-,29-26-,30-27-,37-34-,39-36-,46-43-/t60-/m1/s1. The predicted octanol–water partition coefficient (Wildman–Crippen LogP) is 19.1. The molecule has 0 saturated heterocycles. The Balaban J connectivity index is 4.53. The smallest absolute Gasteiger partial charge is 0.306 e. The van der Waals surface area contributed by atoms with Crippen LogP contribution in [-0.4, -0.2) is 37.2 Å². The Morgan fingerprint density at radius 1 is 0.304 bits per heavy atom. The van der Waals surface area contributed by atoms with Crippen LogP contribution in [0, 0.1) is 0 Å². The van der Waals surface area contributed by atoms with Crippen molar-refractivity contribution in [1.82, 2.24) is 0 Å². The average Bonchev–Trinajstić information content (AvgIpc) is 3.35. The summed E-state index contributed by atoms with van der Waals surface area (Å²) in [6.45, 7) is 6.42. The first-order valence-electron chi connectivity index (χ1n) is 28.4. The van der Waals surface area contributed by atoms with Crippen LogP contribution in [-0.2, 0) is 28.6 Å². The Morgan fingerprint density at radius 3 is 0.986 bits per heavy atom. The van der Waals surface area contributed by atoms with Gasteiger partial charge in [-0.2, -0.15) is 0 Å². The number of esters is 3. The van der Waals surface area contributed by atoms with Gasteiger partial charge in [-0.05, 0) is 122 Å². The van der Waals surface area contributed by atoms with E-state index in [1.54, 1.807) is 0 Å². The quantitative estimate of drug-likeness (QED) is 0.0262. The molecule has 1 atom stereocenters. The highest BCUT2D eigenvalue weighted by Crippen LogP contribution is 2.14. The average molecular weight is 958 g/mol. The molecule has 0 aromatic carbocycles. The molecule has 0 aliphatic heterocycles. The highest BCUT2D eigenvalue weighted by atomic mass is 16.6. The van der Waals surface area contributed by atoms with Gasteiger partial charge in [0.15, 0.2) is 6.10 Å². The van der Waals surface area contributed by atoms with E-state index < -0.39 is 6.10 Å². The lowest BCUT2D eigenvalue weighted by Crippen LogP contribution is -2.30. The first-order valence-corrected chi connectivity index (χ1v) is 28.4. The highest BCUT2D eigenvalue weighted by Gasteiger charge is 2.19. The van der Waals surface area contributed by atoms with Gasteiger partial charge in [0.25, 0.3) is 0 Å². The fourth-order valence-electron chi connectivity index (χ4n) is 7.48. The Hall–Kier alpha value is -3.93. The van der Waals surface area contributed by atoms with E-state index in [0.717, 1.165) is 103 Å². The molecule has 0 unspecified atom stereocenters. The third-order valence-electron chi connectivity index (χ3n) is 11.7. The molecule has 6 heteroatoms. The summed E-state index contributed by atoms with van der Waals surface area (Å²) in [5.74, 6) is -0.996. The second-order valence-corrected chi connectivity index (χ2v) is 18.5. The van der Waals surface area contributed by atoms with Gasteiger partial charge in [-0.25, -0.2) is 0 Å². The molecule has 69 heavy (non-hydrogen) atoms. The summed E-state index contributed by atoms with van der Waals surface area (Å²) in [7, 11) is 0. The highest BCUT2D eigenvalue weighted by molar-refractivity contribution is 5.71. The lowest BCUT2D eigenvalue weighted by molar-refractivity contribution is -0.167. The summed E-state index contributed by atoms with van der Waals surface area (Å²) in [4.78, 5) is 38.1. The lowest BCUT2D eigenvalue weighted by atomic mass is 10.1. The zero-order valence-corrected chi connectivity index (χ0v) is 44.8. The van der Waals surface area contributed by atoms with Gasteiger partial charge in [-0.3, -0.25) is 14.4 Å². The summed E-state index contributed by atoms with van der Waals surface area (Å²) in [6, 6.07) is 0. The number of unbranched alkanes of at least 4 members (excludes halogenated alkanes) is 21. The minimum Gasteiger partial charge on any atom is -0.462 e. The largest absolute Gasteiger partial charge is 0.462 e. The predicted molar refractivity (Wildman–Crippen MR) is 297 cm³/mol. The minimum atomic E-state index is -0.817. The number of rotatable bonds is 50. The number of allylic oxidation sites excluding steroid dienone is 18. The zero-order valence-electron chi connectivity index (χ0n) is 44.8. The van der Waals surface area contributed by atoms with E-state index in [0.29, 0.717) is 12.8 Å². The van der Waals surface area contributed by atoms with Crippen LogP contribution in [0.4, 0.5) is 0 Å². The zero-order chi connectivity index (χ0) is 50.0. The van der Waals surface area contributed by atoms with Crippen molar-refractivity contribution in [2.45, 2.75) is 258 Å². The summed E-state index contributed by atoms with van der Waals surface area (Å²) in [6.07, 6.45) is 76.5.